The molecule has 0 fully saturated rings. The number of aromatic nitrogens is 3. The van der Waals surface area contributed by atoms with E-state index in [0.717, 1.165) is 29.7 Å². The summed E-state index contributed by atoms with van der Waals surface area (Å²) in [6, 6.07) is 23.9. The van der Waals surface area contributed by atoms with Crippen molar-refractivity contribution in [3.63, 3.8) is 0 Å². The highest BCUT2D eigenvalue weighted by molar-refractivity contribution is 6.31. The Bertz CT molecular complexity index is 1520. The summed E-state index contributed by atoms with van der Waals surface area (Å²) in [6.07, 6.45) is 1.94. The first kappa shape index (κ1) is 23.1. The third-order valence-electron chi connectivity index (χ3n) is 7.26. The van der Waals surface area contributed by atoms with Gasteiger partial charge in [-0.2, -0.15) is 5.10 Å². The highest BCUT2D eigenvalue weighted by Crippen LogP contribution is 2.46. The summed E-state index contributed by atoms with van der Waals surface area (Å²) < 4.78 is 3.20. The van der Waals surface area contributed by atoms with Gasteiger partial charge in [-0.15, -0.1) is 5.10 Å². The van der Waals surface area contributed by atoms with E-state index >= 15 is 0 Å². The molecule has 4 aromatic rings. The van der Waals surface area contributed by atoms with E-state index in [9.17, 15) is 4.79 Å². The number of hydrogen-bond acceptors (Lipinski definition) is 4. The van der Waals surface area contributed by atoms with Crippen molar-refractivity contribution in [1.29, 1.82) is 0 Å². The second-order valence-electron chi connectivity index (χ2n) is 9.36. The maximum atomic E-state index is 13.3. The largest absolute Gasteiger partial charge is 0.347 e. The first-order valence-corrected chi connectivity index (χ1v) is 12.9. The number of aryl methyl sites for hydroxylation is 1. The molecule has 0 saturated carbocycles. The molecule has 0 radical (unpaired) electrons. The van der Waals surface area contributed by atoms with E-state index in [2.05, 4.69) is 24.3 Å². The molecule has 0 unspecified atom stereocenters. The average Bonchev–Trinajstić information content (AvgIpc) is 3.56. The second kappa shape index (κ2) is 8.95. The fourth-order valence-electron chi connectivity index (χ4n) is 5.50. The highest BCUT2D eigenvalue weighted by atomic mass is 35.5. The van der Waals surface area contributed by atoms with Crippen LogP contribution in [0.15, 0.2) is 82.7 Å². The fraction of sp³-hybridized carbons (Fsp3) is 0.250. The van der Waals surface area contributed by atoms with E-state index in [1.165, 1.54) is 15.8 Å². The maximum Gasteiger partial charge on any atom is 0.347 e. The van der Waals surface area contributed by atoms with Gasteiger partial charge < -0.3 is 0 Å². The number of hydrazone groups is 1. The molecule has 1 aliphatic heterocycles. The number of anilines is 1. The first-order chi connectivity index (χ1) is 17.5. The zero-order chi connectivity index (χ0) is 24.9. The van der Waals surface area contributed by atoms with E-state index in [1.807, 2.05) is 60.5 Å². The van der Waals surface area contributed by atoms with Crippen LogP contribution in [0.2, 0.25) is 10.0 Å². The Labute approximate surface area is 219 Å². The Kier molecular flexibility index (Phi) is 5.73. The van der Waals surface area contributed by atoms with Crippen LogP contribution in [0.5, 0.6) is 0 Å². The fourth-order valence-corrected chi connectivity index (χ4v) is 5.75. The molecule has 0 amide bonds. The lowest BCUT2D eigenvalue weighted by Crippen LogP contribution is -2.37. The van der Waals surface area contributed by atoms with Crippen LogP contribution in [0.25, 0.3) is 0 Å². The van der Waals surface area contributed by atoms with E-state index < -0.39 is 0 Å². The predicted molar refractivity (Wildman–Crippen MR) is 144 cm³/mol. The first-order valence-electron chi connectivity index (χ1n) is 12.1. The Morgan fingerprint density at radius 3 is 2.36 bits per heavy atom. The molecule has 6 nitrogen and oxygen atoms in total. The van der Waals surface area contributed by atoms with E-state index in [-0.39, 0.29) is 11.1 Å². The van der Waals surface area contributed by atoms with Gasteiger partial charge in [0.05, 0.1) is 24.2 Å². The Balaban J connectivity index is 1.45. The zero-order valence-corrected chi connectivity index (χ0v) is 21.4. The summed E-state index contributed by atoms with van der Waals surface area (Å²) >= 11 is 12.2. The van der Waals surface area contributed by atoms with Crippen LogP contribution in [0.3, 0.4) is 0 Å². The molecule has 6 rings (SSSR count). The molecule has 3 aromatic carbocycles. The molecule has 0 N–H and O–H groups in total. The normalized spacial score (nSPS) is 18.6. The number of benzene rings is 3. The van der Waals surface area contributed by atoms with Gasteiger partial charge in [0.25, 0.3) is 0 Å². The molecule has 0 bridgehead atoms. The van der Waals surface area contributed by atoms with Gasteiger partial charge in [-0.1, -0.05) is 71.7 Å². The van der Waals surface area contributed by atoms with Crippen LogP contribution in [-0.2, 0) is 24.9 Å². The molecule has 1 aliphatic carbocycles. The van der Waals surface area contributed by atoms with Gasteiger partial charge >= 0.3 is 5.69 Å². The van der Waals surface area contributed by atoms with Gasteiger partial charge in [0.2, 0.25) is 5.95 Å². The van der Waals surface area contributed by atoms with Crippen LogP contribution in [0.4, 0.5) is 5.95 Å². The van der Waals surface area contributed by atoms with Crippen molar-refractivity contribution in [2.24, 2.45) is 5.10 Å². The molecule has 2 heterocycles. The van der Waals surface area contributed by atoms with Crippen LogP contribution in [0, 0.1) is 0 Å². The molecule has 1 spiro atoms. The summed E-state index contributed by atoms with van der Waals surface area (Å²) in [4.78, 5) is 13.3. The topological polar surface area (TPSA) is 55.4 Å². The van der Waals surface area contributed by atoms with Crippen molar-refractivity contribution in [3.8, 4) is 0 Å². The molecule has 36 heavy (non-hydrogen) atoms. The van der Waals surface area contributed by atoms with Crippen molar-refractivity contribution in [1.82, 2.24) is 14.3 Å². The van der Waals surface area contributed by atoms with Gasteiger partial charge in [-0.05, 0) is 66.3 Å². The lowest BCUT2D eigenvalue weighted by Gasteiger charge is -2.27. The summed E-state index contributed by atoms with van der Waals surface area (Å²) in [5, 5.41) is 13.2. The highest BCUT2D eigenvalue weighted by Gasteiger charge is 2.49. The minimum atomic E-state index is -0.279. The van der Waals surface area contributed by atoms with Gasteiger partial charge in [0.1, 0.15) is 0 Å². The molecule has 1 atom stereocenters. The standard InChI is InChI=1S/C28H25Cl2N5O/c1-2-33-26(32-34(27(33)36)17-19-7-11-22(29)12-8-19)35-18-28(16-15-20-5-3-4-6-24(20)28)25(31-35)21-9-13-23(30)14-10-21/h3-14H,2,15-18H2,1H3/t28-/m0/s1. The smallest absolute Gasteiger partial charge is 0.260 e. The van der Waals surface area contributed by atoms with Crippen LogP contribution in [0.1, 0.15) is 35.6 Å². The maximum absolute atomic E-state index is 13.3. The minimum absolute atomic E-state index is 0.154. The second-order valence-corrected chi connectivity index (χ2v) is 10.2. The molecular weight excluding hydrogens is 493 g/mol. The third-order valence-corrected chi connectivity index (χ3v) is 7.77. The van der Waals surface area contributed by atoms with E-state index in [1.54, 1.807) is 4.57 Å². The van der Waals surface area contributed by atoms with Gasteiger partial charge in [-0.25, -0.2) is 14.5 Å². The molecule has 182 valence electrons. The van der Waals surface area contributed by atoms with Crippen LogP contribution < -0.4 is 10.7 Å². The van der Waals surface area contributed by atoms with Crippen molar-refractivity contribution in [2.75, 3.05) is 11.6 Å². The lowest BCUT2D eigenvalue weighted by molar-refractivity contribution is 0.578. The van der Waals surface area contributed by atoms with E-state index in [0.29, 0.717) is 35.6 Å². The summed E-state index contributed by atoms with van der Waals surface area (Å²) in [5.41, 5.74) is 5.20. The Hall–Kier alpha value is -3.35. The minimum Gasteiger partial charge on any atom is -0.260 e. The SMILES string of the molecule is CCn1c(N2C[C@]3(CCc4ccccc43)C(c3ccc(Cl)cc3)=N2)nn(Cc2ccc(Cl)cc2)c1=O. The molecular formula is C28H25Cl2N5O. The molecule has 0 saturated heterocycles. The van der Waals surface area contributed by atoms with Gasteiger partial charge in [0.15, 0.2) is 0 Å². The summed E-state index contributed by atoms with van der Waals surface area (Å²) in [7, 11) is 0. The van der Waals surface area contributed by atoms with Crippen LogP contribution in [-0.4, -0.2) is 26.6 Å². The summed E-state index contributed by atoms with van der Waals surface area (Å²) in [6.45, 7) is 3.45. The number of rotatable bonds is 5. The van der Waals surface area contributed by atoms with Crippen molar-refractivity contribution in [3.05, 3.63) is 116 Å². The van der Waals surface area contributed by atoms with Crippen molar-refractivity contribution >= 4 is 34.9 Å². The quantitative estimate of drug-likeness (QED) is 0.349. The van der Waals surface area contributed by atoms with Crippen molar-refractivity contribution in [2.45, 2.75) is 38.3 Å². The van der Waals surface area contributed by atoms with Gasteiger partial charge in [-0.3, -0.25) is 4.57 Å². The van der Waals surface area contributed by atoms with E-state index in [4.69, 9.17) is 33.4 Å². The number of fused-ring (bicyclic) bond motifs is 2. The lowest BCUT2D eigenvalue weighted by atomic mass is 9.75. The average molecular weight is 518 g/mol. The third kappa shape index (κ3) is 3.76. The van der Waals surface area contributed by atoms with Crippen molar-refractivity contribution < 1.29 is 0 Å². The number of halogens is 2. The Morgan fingerprint density at radius 2 is 1.64 bits per heavy atom. The van der Waals surface area contributed by atoms with Crippen LogP contribution >= 0.6 is 23.2 Å². The Morgan fingerprint density at radius 1 is 0.944 bits per heavy atom. The number of nitrogens with zero attached hydrogens (tertiary/aromatic N) is 5. The molecule has 2 aliphatic rings. The summed E-state index contributed by atoms with van der Waals surface area (Å²) in [5.74, 6) is 0.559. The van der Waals surface area contributed by atoms with Gasteiger partial charge in [0, 0.05) is 16.6 Å². The monoisotopic (exact) mass is 517 g/mol. The molecule has 1 aromatic heterocycles. The number of hydrogen-bond donors (Lipinski definition) is 0. The predicted octanol–water partition coefficient (Wildman–Crippen LogP) is 5.53. The zero-order valence-electron chi connectivity index (χ0n) is 19.9. The molecule has 8 heteroatoms.